The lowest BCUT2D eigenvalue weighted by molar-refractivity contribution is 0.251. The van der Waals surface area contributed by atoms with Crippen LogP contribution in [0.4, 0.5) is 5.95 Å². The predicted octanol–water partition coefficient (Wildman–Crippen LogP) is -0.176. The maximum absolute atomic E-state index is 11.8. The minimum absolute atomic E-state index is 0.0845. The van der Waals surface area contributed by atoms with Crippen molar-refractivity contribution in [1.82, 2.24) is 14.9 Å². The molecule has 0 atom stereocenters. The number of aromatic nitrogens is 2. The van der Waals surface area contributed by atoms with Gasteiger partial charge in [0.05, 0.1) is 11.3 Å². The van der Waals surface area contributed by atoms with Crippen LogP contribution in [0.25, 0.3) is 0 Å². The van der Waals surface area contributed by atoms with Crippen LogP contribution in [-0.4, -0.2) is 28.0 Å². The molecule has 0 spiro atoms. The Bertz CT molecular complexity index is 428. The number of fused-ring (bicyclic) bond motifs is 1. The molecular weight excluding hydrogens is 206 g/mol. The molecule has 2 heterocycles. The molecule has 0 radical (unpaired) electrons. The molecule has 0 aromatic carbocycles. The van der Waals surface area contributed by atoms with Gasteiger partial charge in [0.25, 0.3) is 5.56 Å². The van der Waals surface area contributed by atoms with Crippen molar-refractivity contribution in [2.45, 2.75) is 26.3 Å². The van der Waals surface area contributed by atoms with Gasteiger partial charge in [0.15, 0.2) is 0 Å². The monoisotopic (exact) mass is 223 g/mol. The van der Waals surface area contributed by atoms with Gasteiger partial charge in [-0.25, -0.2) is 10.8 Å². The number of nitrogens with two attached hydrogens (primary N) is 1. The molecule has 0 amide bonds. The van der Waals surface area contributed by atoms with E-state index < -0.39 is 0 Å². The van der Waals surface area contributed by atoms with E-state index in [1.54, 1.807) is 0 Å². The van der Waals surface area contributed by atoms with Crippen molar-refractivity contribution in [3.05, 3.63) is 21.6 Å². The first kappa shape index (κ1) is 11.1. The SMILES string of the molecule is CCCN1CCc2nc(NN)[nH]c(=O)c2C1. The van der Waals surface area contributed by atoms with Gasteiger partial charge in [-0.2, -0.15) is 0 Å². The van der Waals surface area contributed by atoms with Gasteiger partial charge in [-0.05, 0) is 13.0 Å². The summed E-state index contributed by atoms with van der Waals surface area (Å²) in [5, 5.41) is 0. The molecule has 1 aliphatic heterocycles. The van der Waals surface area contributed by atoms with E-state index in [1.807, 2.05) is 0 Å². The zero-order chi connectivity index (χ0) is 11.5. The Morgan fingerprint density at radius 2 is 2.44 bits per heavy atom. The molecule has 0 saturated heterocycles. The lowest BCUT2D eigenvalue weighted by Crippen LogP contribution is -2.36. The largest absolute Gasteiger partial charge is 0.298 e. The zero-order valence-electron chi connectivity index (χ0n) is 9.42. The van der Waals surface area contributed by atoms with E-state index in [9.17, 15) is 4.79 Å². The van der Waals surface area contributed by atoms with E-state index in [4.69, 9.17) is 5.84 Å². The second-order valence-electron chi connectivity index (χ2n) is 4.01. The Hall–Kier alpha value is -1.40. The van der Waals surface area contributed by atoms with E-state index in [2.05, 4.69) is 27.2 Å². The number of rotatable bonds is 3. The third kappa shape index (κ3) is 2.07. The summed E-state index contributed by atoms with van der Waals surface area (Å²) in [6.07, 6.45) is 1.91. The molecule has 88 valence electrons. The van der Waals surface area contributed by atoms with Gasteiger partial charge in [0.2, 0.25) is 5.95 Å². The summed E-state index contributed by atoms with van der Waals surface area (Å²) < 4.78 is 0. The van der Waals surface area contributed by atoms with Gasteiger partial charge in [-0.15, -0.1) is 0 Å². The number of nitrogens with zero attached hydrogens (tertiary/aromatic N) is 2. The number of anilines is 1. The first-order chi connectivity index (χ1) is 7.74. The molecule has 6 nitrogen and oxygen atoms in total. The summed E-state index contributed by atoms with van der Waals surface area (Å²) in [4.78, 5) is 20.9. The van der Waals surface area contributed by atoms with Crippen molar-refractivity contribution in [3.63, 3.8) is 0 Å². The summed E-state index contributed by atoms with van der Waals surface area (Å²) in [6.45, 7) is 4.81. The van der Waals surface area contributed by atoms with E-state index in [0.29, 0.717) is 12.5 Å². The van der Waals surface area contributed by atoms with Crippen molar-refractivity contribution in [1.29, 1.82) is 0 Å². The van der Waals surface area contributed by atoms with Crippen LogP contribution in [0.1, 0.15) is 24.6 Å². The smallest absolute Gasteiger partial charge is 0.257 e. The first-order valence-corrected chi connectivity index (χ1v) is 5.55. The molecule has 1 aliphatic rings. The average Bonchev–Trinajstić information content (AvgIpc) is 2.30. The summed E-state index contributed by atoms with van der Waals surface area (Å²) in [5.74, 6) is 5.57. The second-order valence-corrected chi connectivity index (χ2v) is 4.01. The summed E-state index contributed by atoms with van der Waals surface area (Å²) in [6, 6.07) is 0. The third-order valence-electron chi connectivity index (χ3n) is 2.82. The van der Waals surface area contributed by atoms with Crippen molar-refractivity contribution >= 4 is 5.95 Å². The summed E-state index contributed by atoms with van der Waals surface area (Å²) in [7, 11) is 0. The van der Waals surface area contributed by atoms with Crippen LogP contribution in [0.2, 0.25) is 0 Å². The number of nitrogens with one attached hydrogen (secondary N) is 2. The Morgan fingerprint density at radius 1 is 1.62 bits per heavy atom. The van der Waals surface area contributed by atoms with Crippen molar-refractivity contribution in [3.8, 4) is 0 Å². The highest BCUT2D eigenvalue weighted by molar-refractivity contribution is 5.29. The summed E-state index contributed by atoms with van der Waals surface area (Å²) in [5.41, 5.74) is 3.93. The standard InChI is InChI=1S/C10H17N5O/c1-2-4-15-5-3-8-7(6-15)9(16)13-10(12-8)14-11/h2-6,11H2,1H3,(H2,12,13,14,16). The molecule has 1 aromatic rings. The number of aromatic amines is 1. The lowest BCUT2D eigenvalue weighted by atomic mass is 10.1. The normalized spacial score (nSPS) is 15.9. The fraction of sp³-hybridized carbons (Fsp3) is 0.600. The average molecular weight is 223 g/mol. The number of hydrogen-bond acceptors (Lipinski definition) is 5. The Balaban J connectivity index is 2.29. The maximum Gasteiger partial charge on any atom is 0.257 e. The van der Waals surface area contributed by atoms with Crippen molar-refractivity contribution < 1.29 is 0 Å². The predicted molar refractivity (Wildman–Crippen MR) is 61.9 cm³/mol. The Labute approximate surface area is 93.8 Å². The maximum atomic E-state index is 11.8. The third-order valence-corrected chi connectivity index (χ3v) is 2.82. The molecule has 1 aromatic heterocycles. The number of nitrogen functional groups attached to an aromatic ring is 1. The van der Waals surface area contributed by atoms with E-state index >= 15 is 0 Å². The molecule has 16 heavy (non-hydrogen) atoms. The van der Waals surface area contributed by atoms with Crippen molar-refractivity contribution in [2.24, 2.45) is 5.84 Å². The molecule has 0 saturated carbocycles. The zero-order valence-corrected chi connectivity index (χ0v) is 9.42. The molecule has 2 rings (SSSR count). The van der Waals surface area contributed by atoms with Gasteiger partial charge >= 0.3 is 0 Å². The van der Waals surface area contributed by atoms with Crippen LogP contribution in [0.15, 0.2) is 4.79 Å². The summed E-state index contributed by atoms with van der Waals surface area (Å²) >= 11 is 0. The molecule has 0 unspecified atom stereocenters. The highest BCUT2D eigenvalue weighted by Gasteiger charge is 2.20. The van der Waals surface area contributed by atoms with Crippen LogP contribution in [-0.2, 0) is 13.0 Å². The quantitative estimate of drug-likeness (QED) is 0.489. The first-order valence-electron chi connectivity index (χ1n) is 5.55. The van der Waals surface area contributed by atoms with Gasteiger partial charge in [0.1, 0.15) is 0 Å². The van der Waals surface area contributed by atoms with E-state index in [0.717, 1.165) is 37.2 Å². The molecular formula is C10H17N5O. The number of hydrazine groups is 1. The van der Waals surface area contributed by atoms with Crippen LogP contribution in [0.5, 0.6) is 0 Å². The molecule has 0 bridgehead atoms. The van der Waals surface area contributed by atoms with E-state index in [-0.39, 0.29) is 5.56 Å². The second kappa shape index (κ2) is 4.63. The molecule has 0 aliphatic carbocycles. The van der Waals surface area contributed by atoms with Crippen LogP contribution in [0.3, 0.4) is 0 Å². The molecule has 4 N–H and O–H groups in total. The number of H-pyrrole nitrogens is 1. The van der Waals surface area contributed by atoms with Gasteiger partial charge in [-0.3, -0.25) is 20.1 Å². The van der Waals surface area contributed by atoms with Gasteiger partial charge in [-0.1, -0.05) is 6.92 Å². The molecule has 0 fully saturated rings. The van der Waals surface area contributed by atoms with Crippen LogP contribution >= 0.6 is 0 Å². The van der Waals surface area contributed by atoms with Crippen LogP contribution in [0, 0.1) is 0 Å². The molecule has 6 heteroatoms. The Morgan fingerprint density at radius 3 is 3.12 bits per heavy atom. The topological polar surface area (TPSA) is 87.0 Å². The van der Waals surface area contributed by atoms with Gasteiger partial charge in [0, 0.05) is 19.5 Å². The Kier molecular flexibility index (Phi) is 3.21. The fourth-order valence-electron chi connectivity index (χ4n) is 2.06. The van der Waals surface area contributed by atoms with E-state index in [1.165, 1.54) is 0 Å². The highest BCUT2D eigenvalue weighted by Crippen LogP contribution is 2.14. The number of hydrogen-bond donors (Lipinski definition) is 3. The van der Waals surface area contributed by atoms with Gasteiger partial charge < -0.3 is 0 Å². The fourth-order valence-corrected chi connectivity index (χ4v) is 2.06. The minimum atomic E-state index is -0.0845. The highest BCUT2D eigenvalue weighted by atomic mass is 16.1. The van der Waals surface area contributed by atoms with Crippen molar-refractivity contribution in [2.75, 3.05) is 18.5 Å². The lowest BCUT2D eigenvalue weighted by Gasteiger charge is -2.27. The van der Waals surface area contributed by atoms with Crippen LogP contribution < -0.4 is 16.8 Å². The minimum Gasteiger partial charge on any atom is -0.298 e.